The maximum Gasteiger partial charge on any atom is 0.273 e. The second kappa shape index (κ2) is 2.13. The molecule has 0 spiro atoms. The maximum atomic E-state index is 10.9. The summed E-state index contributed by atoms with van der Waals surface area (Å²) in [6.45, 7) is 3.34. The lowest BCUT2D eigenvalue weighted by Crippen LogP contribution is -2.10. The highest BCUT2D eigenvalue weighted by Crippen LogP contribution is 1.96. The first kappa shape index (κ1) is 6.80. The average Bonchev–Trinajstić information content (AvgIpc) is 2.11. The Kier molecular flexibility index (Phi) is 1.45. The summed E-state index contributed by atoms with van der Waals surface area (Å²) >= 11 is 0. The van der Waals surface area contributed by atoms with E-state index in [0.29, 0.717) is 11.3 Å². The Morgan fingerprint density at radius 3 is 2.30 bits per heavy atom. The molecule has 0 atom stereocenters. The van der Waals surface area contributed by atoms with E-state index < -0.39 is 0 Å². The SMILES string of the molecule is CC(=N)c1c(C)[nH][nH]c1=O. The molecule has 0 saturated heterocycles. The van der Waals surface area contributed by atoms with Crippen LogP contribution in [0.15, 0.2) is 4.79 Å². The lowest BCUT2D eigenvalue weighted by molar-refractivity contribution is 1.02. The van der Waals surface area contributed by atoms with Gasteiger partial charge < -0.3 is 10.5 Å². The molecule has 54 valence electrons. The molecule has 0 aliphatic heterocycles. The predicted octanol–water partition coefficient (Wildman–Crippen LogP) is 0.399. The molecule has 4 heteroatoms. The molecule has 0 unspecified atom stereocenters. The van der Waals surface area contributed by atoms with Gasteiger partial charge in [-0.3, -0.25) is 9.89 Å². The normalized spacial score (nSPS) is 9.80. The zero-order valence-corrected chi connectivity index (χ0v) is 5.91. The smallest absolute Gasteiger partial charge is 0.273 e. The van der Waals surface area contributed by atoms with E-state index in [2.05, 4.69) is 10.2 Å². The number of hydrogen-bond acceptors (Lipinski definition) is 2. The van der Waals surface area contributed by atoms with Crippen molar-refractivity contribution in [2.24, 2.45) is 0 Å². The summed E-state index contributed by atoms with van der Waals surface area (Å²) in [6.07, 6.45) is 0. The van der Waals surface area contributed by atoms with Gasteiger partial charge in [-0.25, -0.2) is 0 Å². The third kappa shape index (κ3) is 0.877. The molecule has 0 aliphatic rings. The van der Waals surface area contributed by atoms with Crippen LogP contribution in [0.25, 0.3) is 0 Å². The van der Waals surface area contributed by atoms with Crippen LogP contribution >= 0.6 is 0 Å². The Labute approximate surface area is 57.8 Å². The van der Waals surface area contributed by atoms with Crippen LogP contribution in [-0.4, -0.2) is 15.9 Å². The highest BCUT2D eigenvalue weighted by molar-refractivity contribution is 5.96. The first-order chi connectivity index (χ1) is 4.63. The maximum absolute atomic E-state index is 10.9. The van der Waals surface area contributed by atoms with E-state index in [4.69, 9.17) is 5.41 Å². The number of H-pyrrole nitrogens is 2. The van der Waals surface area contributed by atoms with Gasteiger partial charge in [0, 0.05) is 11.4 Å². The summed E-state index contributed by atoms with van der Waals surface area (Å²) in [5.74, 6) is 0. The van der Waals surface area contributed by atoms with Gasteiger partial charge in [0.05, 0.1) is 5.56 Å². The van der Waals surface area contributed by atoms with E-state index in [9.17, 15) is 4.79 Å². The number of rotatable bonds is 1. The first-order valence-corrected chi connectivity index (χ1v) is 2.95. The monoisotopic (exact) mass is 139 g/mol. The molecule has 1 heterocycles. The van der Waals surface area contributed by atoms with Crippen molar-refractivity contribution in [3.05, 3.63) is 21.6 Å². The minimum Gasteiger partial charge on any atom is -0.305 e. The molecule has 0 fully saturated rings. The fourth-order valence-corrected chi connectivity index (χ4v) is 0.897. The fraction of sp³-hybridized carbons (Fsp3) is 0.333. The largest absolute Gasteiger partial charge is 0.305 e. The topological polar surface area (TPSA) is 72.5 Å². The molecule has 10 heavy (non-hydrogen) atoms. The van der Waals surface area contributed by atoms with Gasteiger partial charge in [0.2, 0.25) is 0 Å². The lowest BCUT2D eigenvalue weighted by atomic mass is 10.2. The number of hydrogen-bond donors (Lipinski definition) is 3. The van der Waals surface area contributed by atoms with Crippen molar-refractivity contribution in [2.75, 3.05) is 0 Å². The summed E-state index contributed by atoms with van der Waals surface area (Å²) in [7, 11) is 0. The fourth-order valence-electron chi connectivity index (χ4n) is 0.897. The summed E-state index contributed by atoms with van der Waals surface area (Å²) in [4.78, 5) is 10.9. The second-order valence-corrected chi connectivity index (χ2v) is 2.20. The zero-order chi connectivity index (χ0) is 7.72. The van der Waals surface area contributed by atoms with E-state index in [-0.39, 0.29) is 5.56 Å². The standard InChI is InChI=1S/C6H9N3O/c1-3(7)5-4(2)8-9-6(5)10/h7H,1-2H3,(H2,8,9,10). The van der Waals surface area contributed by atoms with Crippen molar-refractivity contribution in [3.8, 4) is 0 Å². The van der Waals surface area contributed by atoms with E-state index in [1.165, 1.54) is 0 Å². The molecule has 4 nitrogen and oxygen atoms in total. The van der Waals surface area contributed by atoms with Crippen molar-refractivity contribution in [2.45, 2.75) is 13.8 Å². The number of aromatic amines is 2. The average molecular weight is 139 g/mol. The van der Waals surface area contributed by atoms with Gasteiger partial charge >= 0.3 is 0 Å². The Hall–Kier alpha value is -1.32. The Morgan fingerprint density at radius 1 is 1.50 bits per heavy atom. The van der Waals surface area contributed by atoms with Gasteiger partial charge in [0.25, 0.3) is 5.56 Å². The quantitative estimate of drug-likeness (QED) is 0.484. The first-order valence-electron chi connectivity index (χ1n) is 2.95. The summed E-state index contributed by atoms with van der Waals surface area (Å²) in [6, 6.07) is 0. The van der Waals surface area contributed by atoms with Crippen LogP contribution in [0, 0.1) is 12.3 Å². The van der Waals surface area contributed by atoms with Crippen molar-refractivity contribution in [3.63, 3.8) is 0 Å². The van der Waals surface area contributed by atoms with Crippen LogP contribution in [0.5, 0.6) is 0 Å². The van der Waals surface area contributed by atoms with E-state index in [1.54, 1.807) is 13.8 Å². The van der Waals surface area contributed by atoms with Crippen LogP contribution in [0.2, 0.25) is 0 Å². The molecular formula is C6H9N3O. The van der Waals surface area contributed by atoms with Gasteiger partial charge in [-0.15, -0.1) is 0 Å². The van der Waals surface area contributed by atoms with Crippen LogP contribution in [0.1, 0.15) is 18.2 Å². The van der Waals surface area contributed by atoms with Gasteiger partial charge in [-0.2, -0.15) is 0 Å². The van der Waals surface area contributed by atoms with Crippen LogP contribution < -0.4 is 5.56 Å². The molecule has 0 radical (unpaired) electrons. The van der Waals surface area contributed by atoms with Gasteiger partial charge in [0.15, 0.2) is 0 Å². The summed E-state index contributed by atoms with van der Waals surface area (Å²) in [5, 5.41) is 12.2. The third-order valence-corrected chi connectivity index (χ3v) is 1.34. The molecule has 0 bridgehead atoms. The van der Waals surface area contributed by atoms with E-state index in [0.717, 1.165) is 5.69 Å². The molecule has 1 aromatic heterocycles. The minimum absolute atomic E-state index is 0.218. The van der Waals surface area contributed by atoms with Crippen molar-refractivity contribution in [1.29, 1.82) is 5.41 Å². The Bertz CT molecular complexity index is 307. The van der Waals surface area contributed by atoms with E-state index >= 15 is 0 Å². The predicted molar refractivity (Wildman–Crippen MR) is 38.7 cm³/mol. The van der Waals surface area contributed by atoms with Crippen LogP contribution in [0.3, 0.4) is 0 Å². The van der Waals surface area contributed by atoms with Gasteiger partial charge in [-0.1, -0.05) is 0 Å². The summed E-state index contributed by atoms with van der Waals surface area (Å²) < 4.78 is 0. The lowest BCUT2D eigenvalue weighted by Gasteiger charge is -1.89. The second-order valence-electron chi connectivity index (χ2n) is 2.20. The van der Waals surface area contributed by atoms with Crippen molar-refractivity contribution < 1.29 is 0 Å². The van der Waals surface area contributed by atoms with Gasteiger partial charge in [0.1, 0.15) is 0 Å². The molecule has 1 aromatic rings. The highest BCUT2D eigenvalue weighted by Gasteiger charge is 2.06. The number of aromatic nitrogens is 2. The molecule has 1 rings (SSSR count). The third-order valence-electron chi connectivity index (χ3n) is 1.34. The Morgan fingerprint density at radius 2 is 2.10 bits per heavy atom. The summed E-state index contributed by atoms with van der Waals surface area (Å²) in [5.41, 5.74) is 1.24. The highest BCUT2D eigenvalue weighted by atomic mass is 16.1. The minimum atomic E-state index is -0.218. The molecule has 0 aromatic carbocycles. The van der Waals surface area contributed by atoms with Crippen LogP contribution in [0.4, 0.5) is 0 Å². The van der Waals surface area contributed by atoms with E-state index in [1.807, 2.05) is 0 Å². The molecule has 0 aliphatic carbocycles. The van der Waals surface area contributed by atoms with Crippen molar-refractivity contribution in [1.82, 2.24) is 10.2 Å². The molecule has 0 saturated carbocycles. The van der Waals surface area contributed by atoms with Crippen LogP contribution in [-0.2, 0) is 0 Å². The van der Waals surface area contributed by atoms with Gasteiger partial charge in [-0.05, 0) is 13.8 Å². The Balaban J connectivity index is 3.37. The zero-order valence-electron chi connectivity index (χ0n) is 5.91. The number of nitrogens with one attached hydrogen (secondary N) is 3. The molecule has 0 amide bonds. The van der Waals surface area contributed by atoms with Crippen molar-refractivity contribution >= 4 is 5.71 Å². The number of aryl methyl sites for hydroxylation is 1. The molecule has 3 N–H and O–H groups in total. The molecular weight excluding hydrogens is 130 g/mol.